The Hall–Kier alpha value is -1.06. The van der Waals surface area contributed by atoms with Crippen molar-refractivity contribution in [1.29, 1.82) is 0 Å². The van der Waals surface area contributed by atoms with E-state index >= 15 is 0 Å². The Labute approximate surface area is 109 Å². The fourth-order valence-electron chi connectivity index (χ4n) is 2.27. The molecule has 1 aromatic rings. The van der Waals surface area contributed by atoms with Crippen molar-refractivity contribution in [3.8, 4) is 5.75 Å². The Kier molecular flexibility index (Phi) is 5.02. The van der Waals surface area contributed by atoms with E-state index in [-0.39, 0.29) is 0 Å². The molecule has 1 atom stereocenters. The second kappa shape index (κ2) is 6.76. The third kappa shape index (κ3) is 3.72. The minimum absolute atomic E-state index is 0.315. The molecule has 1 heterocycles. The maximum atomic E-state index is 5.66. The van der Waals surface area contributed by atoms with Crippen molar-refractivity contribution in [2.45, 2.75) is 32.3 Å². The summed E-state index contributed by atoms with van der Waals surface area (Å²) in [6, 6.07) is 8.35. The SMILES string of the molecule is CC(C)OCCNCC1CCOc2ccccc21. The predicted octanol–water partition coefficient (Wildman–Crippen LogP) is 2.57. The van der Waals surface area contributed by atoms with Crippen LogP contribution in [-0.4, -0.2) is 32.4 Å². The van der Waals surface area contributed by atoms with Crippen molar-refractivity contribution in [1.82, 2.24) is 5.32 Å². The number of benzene rings is 1. The highest BCUT2D eigenvalue weighted by Gasteiger charge is 2.20. The summed E-state index contributed by atoms with van der Waals surface area (Å²) in [4.78, 5) is 0. The largest absolute Gasteiger partial charge is 0.493 e. The summed E-state index contributed by atoms with van der Waals surface area (Å²) in [5.74, 6) is 1.61. The number of hydrogen-bond acceptors (Lipinski definition) is 3. The van der Waals surface area contributed by atoms with Gasteiger partial charge in [0.2, 0.25) is 0 Å². The van der Waals surface area contributed by atoms with Crippen LogP contribution in [0.15, 0.2) is 24.3 Å². The molecule has 0 radical (unpaired) electrons. The normalized spacial score (nSPS) is 18.5. The van der Waals surface area contributed by atoms with Crippen LogP contribution in [0.1, 0.15) is 31.7 Å². The second-order valence-corrected chi connectivity index (χ2v) is 5.00. The highest BCUT2D eigenvalue weighted by molar-refractivity contribution is 5.37. The first-order chi connectivity index (χ1) is 8.77. The van der Waals surface area contributed by atoms with Gasteiger partial charge in [-0.25, -0.2) is 0 Å². The van der Waals surface area contributed by atoms with Gasteiger partial charge in [0.1, 0.15) is 5.75 Å². The maximum absolute atomic E-state index is 5.66. The van der Waals surface area contributed by atoms with Crippen LogP contribution in [0.25, 0.3) is 0 Å². The summed E-state index contributed by atoms with van der Waals surface area (Å²) in [5, 5.41) is 3.47. The third-order valence-electron chi connectivity index (χ3n) is 3.20. The summed E-state index contributed by atoms with van der Waals surface area (Å²) >= 11 is 0. The quantitative estimate of drug-likeness (QED) is 0.786. The molecule has 0 aliphatic carbocycles. The Morgan fingerprint density at radius 1 is 1.39 bits per heavy atom. The van der Waals surface area contributed by atoms with Gasteiger partial charge in [0.25, 0.3) is 0 Å². The van der Waals surface area contributed by atoms with Gasteiger partial charge < -0.3 is 14.8 Å². The molecule has 0 aromatic heterocycles. The first kappa shape index (κ1) is 13.4. The van der Waals surface area contributed by atoms with E-state index in [9.17, 15) is 0 Å². The zero-order chi connectivity index (χ0) is 12.8. The molecule has 3 heteroatoms. The topological polar surface area (TPSA) is 30.5 Å². The van der Waals surface area contributed by atoms with Crippen molar-refractivity contribution in [3.05, 3.63) is 29.8 Å². The van der Waals surface area contributed by atoms with E-state index in [4.69, 9.17) is 9.47 Å². The number of nitrogens with one attached hydrogen (secondary N) is 1. The zero-order valence-corrected chi connectivity index (χ0v) is 11.3. The fraction of sp³-hybridized carbons (Fsp3) is 0.600. The third-order valence-corrected chi connectivity index (χ3v) is 3.20. The molecule has 0 spiro atoms. The van der Waals surface area contributed by atoms with Crippen molar-refractivity contribution in [2.75, 3.05) is 26.3 Å². The molecule has 0 fully saturated rings. The van der Waals surface area contributed by atoms with Crippen LogP contribution in [0.3, 0.4) is 0 Å². The maximum Gasteiger partial charge on any atom is 0.122 e. The highest BCUT2D eigenvalue weighted by atomic mass is 16.5. The van der Waals surface area contributed by atoms with Crippen LogP contribution >= 0.6 is 0 Å². The molecule has 0 saturated heterocycles. The molecule has 1 aromatic carbocycles. The van der Waals surface area contributed by atoms with Crippen molar-refractivity contribution in [3.63, 3.8) is 0 Å². The van der Waals surface area contributed by atoms with Crippen molar-refractivity contribution >= 4 is 0 Å². The van der Waals surface area contributed by atoms with Crippen LogP contribution in [0.4, 0.5) is 0 Å². The first-order valence-electron chi connectivity index (χ1n) is 6.81. The van der Waals surface area contributed by atoms with E-state index in [1.54, 1.807) is 0 Å². The molecule has 18 heavy (non-hydrogen) atoms. The number of rotatable bonds is 6. The summed E-state index contributed by atoms with van der Waals surface area (Å²) in [5.41, 5.74) is 1.33. The van der Waals surface area contributed by atoms with E-state index in [1.807, 2.05) is 6.07 Å². The molecule has 2 rings (SSSR count). The Morgan fingerprint density at radius 2 is 2.22 bits per heavy atom. The van der Waals surface area contributed by atoms with E-state index in [1.165, 1.54) is 5.56 Å². The first-order valence-corrected chi connectivity index (χ1v) is 6.81. The molecule has 0 amide bonds. The molecule has 3 nitrogen and oxygen atoms in total. The monoisotopic (exact) mass is 249 g/mol. The number of para-hydroxylation sites is 1. The molecule has 0 saturated carbocycles. The van der Waals surface area contributed by atoms with Gasteiger partial charge in [0, 0.05) is 19.0 Å². The lowest BCUT2D eigenvalue weighted by Gasteiger charge is -2.26. The van der Waals surface area contributed by atoms with Crippen LogP contribution < -0.4 is 10.1 Å². The van der Waals surface area contributed by atoms with Crippen LogP contribution in [0, 0.1) is 0 Å². The lowest BCUT2D eigenvalue weighted by atomic mass is 9.93. The van der Waals surface area contributed by atoms with Crippen molar-refractivity contribution in [2.24, 2.45) is 0 Å². The average molecular weight is 249 g/mol. The Balaban J connectivity index is 1.77. The predicted molar refractivity (Wildman–Crippen MR) is 73.3 cm³/mol. The lowest BCUT2D eigenvalue weighted by molar-refractivity contribution is 0.0805. The van der Waals surface area contributed by atoms with Crippen molar-refractivity contribution < 1.29 is 9.47 Å². The van der Waals surface area contributed by atoms with Crippen LogP contribution in [0.5, 0.6) is 5.75 Å². The van der Waals surface area contributed by atoms with Gasteiger partial charge in [-0.3, -0.25) is 0 Å². The molecular formula is C15H23NO2. The van der Waals surface area contributed by atoms with E-state index < -0.39 is 0 Å². The van der Waals surface area contributed by atoms with Gasteiger partial charge in [-0.2, -0.15) is 0 Å². The lowest BCUT2D eigenvalue weighted by Crippen LogP contribution is -2.28. The van der Waals surface area contributed by atoms with Gasteiger partial charge in [-0.05, 0) is 31.9 Å². The van der Waals surface area contributed by atoms with Gasteiger partial charge in [-0.1, -0.05) is 18.2 Å². The van der Waals surface area contributed by atoms with E-state index in [0.29, 0.717) is 12.0 Å². The molecule has 1 unspecified atom stereocenters. The molecule has 1 N–H and O–H groups in total. The van der Waals surface area contributed by atoms with Crippen LogP contribution in [-0.2, 0) is 4.74 Å². The Morgan fingerprint density at radius 3 is 3.06 bits per heavy atom. The Bertz CT molecular complexity index is 365. The summed E-state index contributed by atoms with van der Waals surface area (Å²) in [6.45, 7) is 7.65. The second-order valence-electron chi connectivity index (χ2n) is 5.00. The fourth-order valence-corrected chi connectivity index (χ4v) is 2.27. The minimum atomic E-state index is 0.315. The minimum Gasteiger partial charge on any atom is -0.493 e. The summed E-state index contributed by atoms with van der Waals surface area (Å²) in [7, 11) is 0. The van der Waals surface area contributed by atoms with Gasteiger partial charge >= 0.3 is 0 Å². The number of ether oxygens (including phenoxy) is 2. The van der Waals surface area contributed by atoms with E-state index in [2.05, 4.69) is 37.4 Å². The van der Waals surface area contributed by atoms with Gasteiger partial charge in [-0.15, -0.1) is 0 Å². The van der Waals surface area contributed by atoms with Gasteiger partial charge in [0.15, 0.2) is 0 Å². The number of fused-ring (bicyclic) bond motifs is 1. The molecule has 100 valence electrons. The highest BCUT2D eigenvalue weighted by Crippen LogP contribution is 2.32. The number of hydrogen-bond donors (Lipinski definition) is 1. The zero-order valence-electron chi connectivity index (χ0n) is 11.3. The summed E-state index contributed by atoms with van der Waals surface area (Å²) < 4.78 is 11.2. The van der Waals surface area contributed by atoms with Gasteiger partial charge in [0.05, 0.1) is 19.3 Å². The molecule has 0 bridgehead atoms. The van der Waals surface area contributed by atoms with E-state index in [0.717, 1.165) is 38.5 Å². The molecule has 1 aliphatic heterocycles. The summed E-state index contributed by atoms with van der Waals surface area (Å²) in [6.07, 6.45) is 1.41. The average Bonchev–Trinajstić information content (AvgIpc) is 2.38. The van der Waals surface area contributed by atoms with Crippen LogP contribution in [0.2, 0.25) is 0 Å². The smallest absolute Gasteiger partial charge is 0.122 e. The standard InChI is InChI=1S/C15H23NO2/c1-12(2)17-10-8-16-11-13-7-9-18-15-6-4-3-5-14(13)15/h3-6,12-13,16H,7-11H2,1-2H3. The molecular weight excluding hydrogens is 226 g/mol. The molecule has 1 aliphatic rings.